The molecule has 0 atom stereocenters. The average Bonchev–Trinajstić information content (AvgIpc) is 3.15. The summed E-state index contributed by atoms with van der Waals surface area (Å²) in [5, 5.41) is 4.43. The Hall–Kier alpha value is -1.88. The largest absolute Gasteiger partial charge is 0.293 e. The molecule has 0 amide bonds. The molecule has 4 rings (SSSR count). The summed E-state index contributed by atoms with van der Waals surface area (Å²) in [5.74, 6) is 0.799. The molecule has 0 N–H and O–H groups in total. The van der Waals surface area contributed by atoms with Crippen molar-refractivity contribution >= 4 is 21.6 Å². The van der Waals surface area contributed by atoms with E-state index in [1.165, 1.54) is 11.1 Å². The number of para-hydroxylation sites is 1. The second-order valence-electron chi connectivity index (χ2n) is 5.18. The van der Waals surface area contributed by atoms with Crippen LogP contribution in [0, 0.1) is 19.9 Å². The van der Waals surface area contributed by atoms with Crippen LogP contribution in [0.3, 0.4) is 0 Å². The molecule has 2 heterocycles. The van der Waals surface area contributed by atoms with Crippen molar-refractivity contribution in [1.29, 1.82) is 0 Å². The maximum absolute atomic E-state index is 4.44. The summed E-state index contributed by atoms with van der Waals surface area (Å²) >= 11 is 1.62. The summed E-state index contributed by atoms with van der Waals surface area (Å²) in [6.07, 6.45) is 1.59. The molecule has 0 unspecified atom stereocenters. The summed E-state index contributed by atoms with van der Waals surface area (Å²) in [5.41, 5.74) is 7.16. The second-order valence-corrected chi connectivity index (χ2v) is 6.07. The Balaban J connectivity index is 0.00000156. The van der Waals surface area contributed by atoms with Crippen molar-refractivity contribution in [3.63, 3.8) is 0 Å². The molecule has 0 aliphatic carbocycles. The van der Waals surface area contributed by atoms with Crippen molar-refractivity contribution in [1.82, 2.24) is 19.7 Å². The third-order valence-corrected chi connectivity index (χ3v) is 4.50. The van der Waals surface area contributed by atoms with Gasteiger partial charge in [0.05, 0.1) is 17.0 Å². The molecule has 0 saturated heterocycles. The van der Waals surface area contributed by atoms with Gasteiger partial charge in [0.1, 0.15) is 6.33 Å². The van der Waals surface area contributed by atoms with Gasteiger partial charge in [-0.25, -0.2) is 0 Å². The molecule has 4 aromatic rings. The molecule has 2 aromatic heterocycles. The van der Waals surface area contributed by atoms with E-state index in [1.54, 1.807) is 17.7 Å². The Labute approximate surface area is 151 Å². The van der Waals surface area contributed by atoms with Crippen LogP contribution in [-0.2, 0) is 20.1 Å². The quantitative estimate of drug-likeness (QED) is 0.394. The van der Waals surface area contributed by atoms with Crippen LogP contribution >= 0.6 is 11.3 Å². The Morgan fingerprint density at radius 2 is 1.91 bits per heavy atom. The van der Waals surface area contributed by atoms with Gasteiger partial charge in [0, 0.05) is 20.1 Å². The predicted molar refractivity (Wildman–Crippen MR) is 88.3 cm³/mol. The van der Waals surface area contributed by atoms with Gasteiger partial charge in [-0.3, -0.25) is 14.6 Å². The molecule has 0 bridgehead atoms. The zero-order valence-electron chi connectivity index (χ0n) is 12.6. The van der Waals surface area contributed by atoms with Gasteiger partial charge in [-0.2, -0.15) is 5.10 Å². The molecular weight excluding hydrogens is 484 g/mol. The zero-order chi connectivity index (χ0) is 15.1. The first-order valence-corrected chi connectivity index (χ1v) is 7.84. The van der Waals surface area contributed by atoms with Crippen LogP contribution in [0.1, 0.15) is 11.1 Å². The fourth-order valence-corrected chi connectivity index (χ4v) is 3.35. The van der Waals surface area contributed by atoms with Crippen molar-refractivity contribution in [2.45, 2.75) is 13.8 Å². The molecule has 0 spiro atoms. The van der Waals surface area contributed by atoms with E-state index in [0.29, 0.717) is 0 Å². The fourth-order valence-electron chi connectivity index (χ4n) is 2.66. The van der Waals surface area contributed by atoms with E-state index in [9.17, 15) is 0 Å². The molecule has 1 radical (unpaired) electrons. The van der Waals surface area contributed by atoms with Crippen LogP contribution < -0.4 is 0 Å². The van der Waals surface area contributed by atoms with E-state index >= 15 is 0 Å². The molecule has 0 aliphatic heterocycles. The maximum Gasteiger partial charge on any atom is 0.127 e. The van der Waals surface area contributed by atoms with E-state index in [1.807, 2.05) is 16.3 Å². The third kappa shape index (κ3) is 2.74. The molecule has 2 aromatic carbocycles. The Morgan fingerprint density at radius 1 is 1.13 bits per heavy atom. The summed E-state index contributed by atoms with van der Waals surface area (Å²) < 4.78 is 3.02. The molecule has 6 heteroatoms. The minimum atomic E-state index is 0. The zero-order valence-corrected chi connectivity index (χ0v) is 15.8. The van der Waals surface area contributed by atoms with Gasteiger partial charge in [0.25, 0.3) is 0 Å². The van der Waals surface area contributed by atoms with Crippen molar-refractivity contribution in [3.05, 3.63) is 59.4 Å². The number of thiazole rings is 1. The van der Waals surface area contributed by atoms with Crippen molar-refractivity contribution < 1.29 is 20.1 Å². The van der Waals surface area contributed by atoms with Crippen LogP contribution in [0.5, 0.6) is 0 Å². The Bertz CT molecular complexity index is 953. The average molecular weight is 498 g/mol. The van der Waals surface area contributed by atoms with E-state index in [-0.39, 0.29) is 20.1 Å². The van der Waals surface area contributed by atoms with E-state index in [4.69, 9.17) is 0 Å². The molecule has 0 saturated carbocycles. The molecule has 4 nitrogen and oxygen atoms in total. The van der Waals surface area contributed by atoms with Crippen LogP contribution in [-0.4, -0.2) is 19.7 Å². The number of aromatic nitrogens is 4. The van der Waals surface area contributed by atoms with Crippen LogP contribution in [0.2, 0.25) is 0 Å². The SMILES string of the molecule is Cc1cccc(C)c1-n1ncnc1-c1[c-]cc2ncsc2c1.[Ir]. The monoisotopic (exact) mass is 498 g/mol. The summed E-state index contributed by atoms with van der Waals surface area (Å²) in [6.45, 7) is 4.17. The number of fused-ring (bicyclic) bond motifs is 1. The van der Waals surface area contributed by atoms with Crippen LogP contribution in [0.15, 0.2) is 42.2 Å². The van der Waals surface area contributed by atoms with E-state index in [0.717, 1.165) is 27.3 Å². The van der Waals surface area contributed by atoms with Gasteiger partial charge < -0.3 is 0 Å². The standard InChI is InChI=1S/C17H13N4S.Ir/c1-11-4-3-5-12(2)16(11)21-17(18-9-20-21)13-6-7-14-15(8-13)22-10-19-14;/h3-5,7-10H,1-2H3;/q-1;. The number of aryl methyl sites for hydroxylation is 2. The van der Waals surface area contributed by atoms with Crippen molar-refractivity contribution in [2.75, 3.05) is 0 Å². The molecule has 0 aliphatic rings. The normalized spacial score (nSPS) is 10.7. The van der Waals surface area contributed by atoms with Gasteiger partial charge in [-0.05, 0) is 35.2 Å². The fraction of sp³-hybridized carbons (Fsp3) is 0.118. The number of rotatable bonds is 2. The van der Waals surface area contributed by atoms with Gasteiger partial charge in [-0.1, -0.05) is 18.2 Å². The van der Waals surface area contributed by atoms with Crippen molar-refractivity contribution in [2.24, 2.45) is 0 Å². The Kier molecular flexibility index (Phi) is 4.39. The smallest absolute Gasteiger partial charge is 0.127 e. The molecule has 117 valence electrons. The van der Waals surface area contributed by atoms with Crippen LogP contribution in [0.25, 0.3) is 27.3 Å². The Morgan fingerprint density at radius 3 is 2.70 bits per heavy atom. The van der Waals surface area contributed by atoms with E-state index < -0.39 is 0 Å². The summed E-state index contributed by atoms with van der Waals surface area (Å²) in [6, 6.07) is 13.5. The molecule has 0 fully saturated rings. The topological polar surface area (TPSA) is 43.6 Å². The van der Waals surface area contributed by atoms with Crippen LogP contribution in [0.4, 0.5) is 0 Å². The van der Waals surface area contributed by atoms with Gasteiger partial charge in [0.2, 0.25) is 0 Å². The number of nitrogens with zero attached hydrogens (tertiary/aromatic N) is 4. The van der Waals surface area contributed by atoms with Crippen molar-refractivity contribution in [3.8, 4) is 17.1 Å². The number of hydrogen-bond donors (Lipinski definition) is 0. The third-order valence-electron chi connectivity index (χ3n) is 3.70. The number of benzene rings is 2. The molecular formula is C17H13IrN4S-. The summed E-state index contributed by atoms with van der Waals surface area (Å²) in [7, 11) is 0. The van der Waals surface area contributed by atoms with Gasteiger partial charge in [-0.15, -0.1) is 35.1 Å². The second kappa shape index (κ2) is 6.32. The maximum atomic E-state index is 4.44. The van der Waals surface area contributed by atoms with Gasteiger partial charge in [0.15, 0.2) is 0 Å². The van der Waals surface area contributed by atoms with Gasteiger partial charge >= 0.3 is 0 Å². The number of hydrogen-bond acceptors (Lipinski definition) is 4. The first-order chi connectivity index (χ1) is 10.7. The molecule has 23 heavy (non-hydrogen) atoms. The van der Waals surface area contributed by atoms with E-state index in [2.05, 4.69) is 59.2 Å². The summed E-state index contributed by atoms with van der Waals surface area (Å²) in [4.78, 5) is 8.74. The minimum absolute atomic E-state index is 0. The first kappa shape index (κ1) is 16.0. The minimum Gasteiger partial charge on any atom is -0.293 e. The first-order valence-electron chi connectivity index (χ1n) is 6.96. The predicted octanol–water partition coefficient (Wildman–Crippen LogP) is 3.96.